The van der Waals surface area contributed by atoms with Crippen molar-refractivity contribution >= 4 is 37.9 Å². The number of hydrogen-bond acceptors (Lipinski definition) is 1. The second kappa shape index (κ2) is 4.92. The first-order valence-electron chi connectivity index (χ1n) is 5.84. The van der Waals surface area contributed by atoms with Gasteiger partial charge in [0.05, 0.1) is 4.47 Å². The molecule has 0 radical (unpaired) electrons. The summed E-state index contributed by atoms with van der Waals surface area (Å²) in [5.74, 6) is 0. The molecule has 0 atom stereocenters. The molecule has 1 nitrogen and oxygen atoms in total. The van der Waals surface area contributed by atoms with Crippen LogP contribution in [0.3, 0.4) is 0 Å². The monoisotopic (exact) mass is 290 g/mol. The van der Waals surface area contributed by atoms with Gasteiger partial charge in [0.15, 0.2) is 0 Å². The molecule has 1 heterocycles. The van der Waals surface area contributed by atoms with Crippen molar-refractivity contribution in [1.82, 2.24) is 0 Å². The molecule has 0 saturated carbocycles. The third kappa shape index (κ3) is 1.98. The summed E-state index contributed by atoms with van der Waals surface area (Å²) in [7, 11) is 0. The number of fused-ring (bicyclic) bond motifs is 3. The van der Waals surface area contributed by atoms with Crippen molar-refractivity contribution in [1.29, 1.82) is 0 Å². The highest BCUT2D eigenvalue weighted by Crippen LogP contribution is 2.34. The van der Waals surface area contributed by atoms with Gasteiger partial charge in [-0.2, -0.15) is 0 Å². The summed E-state index contributed by atoms with van der Waals surface area (Å²) >= 11 is 3.51. The average Bonchev–Trinajstić information content (AvgIpc) is 2.74. The predicted octanol–water partition coefficient (Wildman–Crippen LogP) is 5.68. The van der Waals surface area contributed by atoms with E-state index < -0.39 is 0 Å². The van der Waals surface area contributed by atoms with E-state index in [9.17, 15) is 0 Å². The zero-order valence-electron chi connectivity index (χ0n) is 10.3. The van der Waals surface area contributed by atoms with E-state index >= 15 is 0 Å². The van der Waals surface area contributed by atoms with E-state index in [1.807, 2.05) is 26.0 Å². The van der Waals surface area contributed by atoms with Crippen molar-refractivity contribution in [2.75, 3.05) is 0 Å². The summed E-state index contributed by atoms with van der Waals surface area (Å²) in [4.78, 5) is 0. The molecular weight excluding hydrogens is 276 g/mol. The Labute approximate surface area is 110 Å². The summed E-state index contributed by atoms with van der Waals surface area (Å²) in [6.07, 6.45) is 0. The van der Waals surface area contributed by atoms with Crippen molar-refractivity contribution < 1.29 is 4.42 Å². The third-order valence-electron chi connectivity index (χ3n) is 2.67. The fraction of sp³-hybridized carbons (Fsp3) is 0.200. The number of para-hydroxylation sites is 2. The molecule has 0 unspecified atom stereocenters. The Morgan fingerprint density at radius 3 is 2.18 bits per heavy atom. The molecule has 0 spiro atoms. The highest BCUT2D eigenvalue weighted by atomic mass is 79.9. The van der Waals surface area contributed by atoms with Gasteiger partial charge in [-0.3, -0.25) is 0 Å². The Morgan fingerprint density at radius 2 is 1.47 bits per heavy atom. The van der Waals surface area contributed by atoms with Crippen LogP contribution in [0, 0.1) is 6.92 Å². The minimum atomic E-state index is 0.932. The van der Waals surface area contributed by atoms with Gasteiger partial charge < -0.3 is 4.42 Å². The number of hydrogen-bond donors (Lipinski definition) is 0. The smallest absolute Gasteiger partial charge is 0.149 e. The standard InChI is InChI=1S/C13H9BrO.C2H6/c1-8-4-2-5-9-10-6-3-7-11(14)13(10)15-12(8)9;1-2/h2-7H,1H3;1-2H3. The van der Waals surface area contributed by atoms with Gasteiger partial charge in [0.2, 0.25) is 0 Å². The highest BCUT2D eigenvalue weighted by molar-refractivity contribution is 9.10. The van der Waals surface area contributed by atoms with E-state index in [1.54, 1.807) is 0 Å². The lowest BCUT2D eigenvalue weighted by Gasteiger charge is -1.91. The maximum Gasteiger partial charge on any atom is 0.149 e. The summed E-state index contributed by atoms with van der Waals surface area (Å²) in [6, 6.07) is 12.3. The first kappa shape index (κ1) is 12.2. The fourth-order valence-electron chi connectivity index (χ4n) is 1.93. The van der Waals surface area contributed by atoms with Gasteiger partial charge in [-0.1, -0.05) is 44.2 Å². The Kier molecular flexibility index (Phi) is 3.53. The summed E-state index contributed by atoms with van der Waals surface area (Å²) in [5, 5.41) is 2.36. The SMILES string of the molecule is CC.Cc1cccc2c1oc1c(Br)cccc12. The number of aryl methyl sites for hydroxylation is 1. The van der Waals surface area contributed by atoms with Crippen LogP contribution in [0.15, 0.2) is 45.3 Å². The van der Waals surface area contributed by atoms with Crippen molar-refractivity contribution in [3.05, 3.63) is 46.4 Å². The molecule has 88 valence electrons. The van der Waals surface area contributed by atoms with Crippen LogP contribution >= 0.6 is 15.9 Å². The fourth-order valence-corrected chi connectivity index (χ4v) is 2.37. The third-order valence-corrected chi connectivity index (χ3v) is 3.30. The number of benzene rings is 2. The van der Waals surface area contributed by atoms with E-state index in [-0.39, 0.29) is 0 Å². The largest absolute Gasteiger partial charge is 0.455 e. The number of rotatable bonds is 0. The van der Waals surface area contributed by atoms with Gasteiger partial charge in [0.25, 0.3) is 0 Å². The second-order valence-corrected chi connectivity index (χ2v) is 4.52. The first-order valence-corrected chi connectivity index (χ1v) is 6.63. The van der Waals surface area contributed by atoms with E-state index in [0.717, 1.165) is 15.6 Å². The molecule has 17 heavy (non-hydrogen) atoms. The van der Waals surface area contributed by atoms with E-state index in [1.165, 1.54) is 16.3 Å². The molecule has 0 N–H and O–H groups in total. The zero-order chi connectivity index (χ0) is 12.4. The van der Waals surface area contributed by atoms with Crippen molar-refractivity contribution in [3.8, 4) is 0 Å². The molecule has 2 aromatic carbocycles. The van der Waals surface area contributed by atoms with Gasteiger partial charge >= 0.3 is 0 Å². The molecule has 0 aliphatic carbocycles. The molecule has 0 aliphatic rings. The molecule has 0 amide bonds. The van der Waals surface area contributed by atoms with Gasteiger partial charge in [0, 0.05) is 10.8 Å². The molecule has 3 rings (SSSR count). The van der Waals surface area contributed by atoms with Crippen LogP contribution in [0.1, 0.15) is 19.4 Å². The van der Waals surface area contributed by atoms with Crippen LogP contribution in [0.25, 0.3) is 21.9 Å². The molecule has 0 aliphatic heterocycles. The lowest BCUT2D eigenvalue weighted by Crippen LogP contribution is -1.70. The van der Waals surface area contributed by atoms with Crippen LogP contribution in [0.2, 0.25) is 0 Å². The van der Waals surface area contributed by atoms with Gasteiger partial charge in [-0.05, 0) is 34.5 Å². The second-order valence-electron chi connectivity index (χ2n) is 3.67. The minimum Gasteiger partial charge on any atom is -0.455 e. The van der Waals surface area contributed by atoms with Gasteiger partial charge in [0.1, 0.15) is 11.2 Å². The van der Waals surface area contributed by atoms with Gasteiger partial charge in [-0.25, -0.2) is 0 Å². The molecule has 2 heteroatoms. The summed E-state index contributed by atoms with van der Waals surface area (Å²) < 4.78 is 6.88. The highest BCUT2D eigenvalue weighted by Gasteiger charge is 2.09. The summed E-state index contributed by atoms with van der Waals surface area (Å²) in [6.45, 7) is 6.07. The predicted molar refractivity (Wildman–Crippen MR) is 77.5 cm³/mol. The van der Waals surface area contributed by atoms with Crippen LogP contribution in [0.4, 0.5) is 0 Å². The average molecular weight is 291 g/mol. The summed E-state index contributed by atoms with van der Waals surface area (Å²) in [5.41, 5.74) is 3.09. The van der Waals surface area contributed by atoms with E-state index in [0.29, 0.717) is 0 Å². The molecule has 3 aromatic rings. The van der Waals surface area contributed by atoms with Crippen LogP contribution < -0.4 is 0 Å². The maximum atomic E-state index is 5.87. The first-order chi connectivity index (χ1) is 8.27. The number of halogens is 1. The van der Waals surface area contributed by atoms with Crippen LogP contribution in [-0.2, 0) is 0 Å². The lowest BCUT2D eigenvalue weighted by molar-refractivity contribution is 0.663. The Morgan fingerprint density at radius 1 is 0.882 bits per heavy atom. The lowest BCUT2D eigenvalue weighted by atomic mass is 10.1. The quantitative estimate of drug-likeness (QED) is 0.519. The Bertz CT molecular complexity index is 596. The van der Waals surface area contributed by atoms with E-state index in [2.05, 4.69) is 47.1 Å². The van der Waals surface area contributed by atoms with Gasteiger partial charge in [-0.15, -0.1) is 0 Å². The van der Waals surface area contributed by atoms with Crippen molar-refractivity contribution in [3.63, 3.8) is 0 Å². The Balaban J connectivity index is 0.000000514. The topological polar surface area (TPSA) is 13.1 Å². The zero-order valence-corrected chi connectivity index (χ0v) is 11.8. The molecule has 1 aromatic heterocycles. The van der Waals surface area contributed by atoms with Crippen molar-refractivity contribution in [2.24, 2.45) is 0 Å². The van der Waals surface area contributed by atoms with Crippen LogP contribution in [0.5, 0.6) is 0 Å². The molecule has 0 fully saturated rings. The van der Waals surface area contributed by atoms with Crippen LogP contribution in [-0.4, -0.2) is 0 Å². The van der Waals surface area contributed by atoms with E-state index in [4.69, 9.17) is 4.42 Å². The molecule has 0 saturated heterocycles. The Hall–Kier alpha value is -1.28. The molecular formula is C15H15BrO. The number of furan rings is 1. The molecule has 0 bridgehead atoms. The minimum absolute atomic E-state index is 0.932. The van der Waals surface area contributed by atoms with Crippen molar-refractivity contribution in [2.45, 2.75) is 20.8 Å². The normalized spacial score (nSPS) is 10.4. The maximum absolute atomic E-state index is 5.87.